The molecule has 0 aliphatic rings. The molecule has 3 heteroatoms. The third-order valence-electron chi connectivity index (χ3n) is 2.75. The van der Waals surface area contributed by atoms with Gasteiger partial charge in [0.05, 0.1) is 6.61 Å². The van der Waals surface area contributed by atoms with E-state index >= 15 is 0 Å². The molecule has 1 unspecified atom stereocenters. The summed E-state index contributed by atoms with van der Waals surface area (Å²) >= 11 is 3.45. The van der Waals surface area contributed by atoms with Crippen molar-refractivity contribution < 1.29 is 9.13 Å². The maximum atomic E-state index is 13.6. The Morgan fingerprint density at radius 2 is 2.06 bits per heavy atom. The molecular weight excluding hydrogens is 271 g/mol. The van der Waals surface area contributed by atoms with E-state index in [0.29, 0.717) is 29.8 Å². The Morgan fingerprint density at radius 1 is 1.38 bits per heavy atom. The lowest BCUT2D eigenvalue weighted by Crippen LogP contribution is -2.19. The third kappa shape index (κ3) is 3.48. The van der Waals surface area contributed by atoms with Gasteiger partial charge in [-0.3, -0.25) is 0 Å². The van der Waals surface area contributed by atoms with Gasteiger partial charge in [-0.15, -0.1) is 0 Å². The summed E-state index contributed by atoms with van der Waals surface area (Å²) in [4.78, 5) is 0. The molecule has 0 N–H and O–H groups in total. The van der Waals surface area contributed by atoms with Crippen LogP contribution in [0, 0.1) is 24.6 Å². The topological polar surface area (TPSA) is 9.23 Å². The zero-order valence-electron chi connectivity index (χ0n) is 9.97. The number of benzene rings is 1. The molecule has 0 fully saturated rings. The predicted molar refractivity (Wildman–Crippen MR) is 68.8 cm³/mol. The van der Waals surface area contributed by atoms with Gasteiger partial charge >= 0.3 is 0 Å². The minimum Gasteiger partial charge on any atom is -0.490 e. The van der Waals surface area contributed by atoms with Gasteiger partial charge < -0.3 is 4.74 Å². The second-order valence-corrected chi connectivity index (χ2v) is 5.00. The number of hydrogen-bond donors (Lipinski definition) is 0. The van der Waals surface area contributed by atoms with Crippen molar-refractivity contribution in [2.45, 2.75) is 20.8 Å². The van der Waals surface area contributed by atoms with Crippen LogP contribution in [0.1, 0.15) is 19.4 Å². The number of halogens is 2. The number of alkyl halides is 1. The first kappa shape index (κ1) is 13.5. The largest absolute Gasteiger partial charge is 0.490 e. The maximum Gasteiger partial charge on any atom is 0.167 e. The molecule has 0 aliphatic heterocycles. The first-order chi connectivity index (χ1) is 7.56. The van der Waals surface area contributed by atoms with Crippen LogP contribution >= 0.6 is 15.9 Å². The summed E-state index contributed by atoms with van der Waals surface area (Å²) in [5, 5.41) is 0.873. The minimum absolute atomic E-state index is 0.250. The van der Waals surface area contributed by atoms with Crippen LogP contribution < -0.4 is 4.74 Å². The predicted octanol–water partition coefficient (Wildman–Crippen LogP) is 4.18. The van der Waals surface area contributed by atoms with Crippen molar-refractivity contribution in [2.24, 2.45) is 11.8 Å². The van der Waals surface area contributed by atoms with Gasteiger partial charge in [-0.05, 0) is 24.5 Å². The Kier molecular flexibility index (Phi) is 5.26. The van der Waals surface area contributed by atoms with Crippen LogP contribution in [0.3, 0.4) is 0 Å². The molecule has 1 rings (SSSR count). The van der Waals surface area contributed by atoms with Crippen molar-refractivity contribution in [2.75, 3.05) is 11.9 Å². The standard InChI is InChI=1S/C13H18BrFO/c1-9(2)11(7-14)8-16-12-6-4-5-10(3)13(12)15/h4-6,9,11H,7-8H2,1-3H3. The molecule has 1 atom stereocenters. The van der Waals surface area contributed by atoms with Crippen LogP contribution in [-0.2, 0) is 0 Å². The first-order valence-corrected chi connectivity index (χ1v) is 6.62. The van der Waals surface area contributed by atoms with Crippen LogP contribution in [0.4, 0.5) is 4.39 Å². The van der Waals surface area contributed by atoms with Gasteiger partial charge in [-0.1, -0.05) is 41.9 Å². The summed E-state index contributed by atoms with van der Waals surface area (Å²) < 4.78 is 19.1. The van der Waals surface area contributed by atoms with E-state index < -0.39 is 0 Å². The number of aryl methyl sites for hydroxylation is 1. The molecule has 1 aromatic rings. The quantitative estimate of drug-likeness (QED) is 0.739. The molecule has 0 bridgehead atoms. The highest BCUT2D eigenvalue weighted by atomic mass is 79.9. The van der Waals surface area contributed by atoms with Gasteiger partial charge in [-0.25, -0.2) is 4.39 Å². The molecule has 0 saturated carbocycles. The van der Waals surface area contributed by atoms with Crippen molar-refractivity contribution in [3.63, 3.8) is 0 Å². The summed E-state index contributed by atoms with van der Waals surface area (Å²) in [7, 11) is 0. The van der Waals surface area contributed by atoms with E-state index in [1.165, 1.54) is 0 Å². The van der Waals surface area contributed by atoms with Crippen LogP contribution in [0.2, 0.25) is 0 Å². The van der Waals surface area contributed by atoms with Crippen molar-refractivity contribution in [3.8, 4) is 5.75 Å². The van der Waals surface area contributed by atoms with E-state index in [4.69, 9.17) is 4.74 Å². The van der Waals surface area contributed by atoms with Crippen molar-refractivity contribution in [1.82, 2.24) is 0 Å². The van der Waals surface area contributed by atoms with Gasteiger partial charge in [0.25, 0.3) is 0 Å². The van der Waals surface area contributed by atoms with Gasteiger partial charge in [0.1, 0.15) is 0 Å². The van der Waals surface area contributed by atoms with Gasteiger partial charge in [-0.2, -0.15) is 0 Å². The molecule has 90 valence electrons. The summed E-state index contributed by atoms with van der Waals surface area (Å²) in [6, 6.07) is 5.23. The fourth-order valence-corrected chi connectivity index (χ4v) is 2.28. The molecule has 0 amide bonds. The number of ether oxygens (including phenoxy) is 1. The molecule has 0 spiro atoms. The summed E-state index contributed by atoms with van der Waals surface area (Å²) in [6.45, 7) is 6.57. The van der Waals surface area contributed by atoms with Crippen molar-refractivity contribution >= 4 is 15.9 Å². The van der Waals surface area contributed by atoms with E-state index in [2.05, 4.69) is 29.8 Å². The molecule has 0 aliphatic carbocycles. The lowest BCUT2D eigenvalue weighted by atomic mass is 9.99. The Balaban J connectivity index is 2.64. The number of rotatable bonds is 5. The molecular formula is C13H18BrFO. The highest BCUT2D eigenvalue weighted by Gasteiger charge is 2.14. The van der Waals surface area contributed by atoms with Crippen LogP contribution in [0.15, 0.2) is 18.2 Å². The van der Waals surface area contributed by atoms with Crippen molar-refractivity contribution in [3.05, 3.63) is 29.6 Å². The smallest absolute Gasteiger partial charge is 0.167 e. The Morgan fingerprint density at radius 3 is 2.62 bits per heavy atom. The normalized spacial score (nSPS) is 12.9. The minimum atomic E-state index is -0.250. The molecule has 0 saturated heterocycles. The molecule has 0 aromatic heterocycles. The average Bonchev–Trinajstić information content (AvgIpc) is 2.24. The Hall–Kier alpha value is -0.570. The zero-order chi connectivity index (χ0) is 12.1. The molecule has 1 aromatic carbocycles. The highest BCUT2D eigenvalue weighted by molar-refractivity contribution is 9.09. The van der Waals surface area contributed by atoms with E-state index in [0.717, 1.165) is 5.33 Å². The lowest BCUT2D eigenvalue weighted by Gasteiger charge is -2.19. The summed E-state index contributed by atoms with van der Waals surface area (Å²) in [5.41, 5.74) is 0.623. The SMILES string of the molecule is Cc1cccc(OCC(CBr)C(C)C)c1F. The molecule has 1 nitrogen and oxygen atoms in total. The highest BCUT2D eigenvalue weighted by Crippen LogP contribution is 2.22. The van der Waals surface area contributed by atoms with Gasteiger partial charge in [0, 0.05) is 11.2 Å². The molecule has 0 heterocycles. The van der Waals surface area contributed by atoms with Crippen LogP contribution in [0.25, 0.3) is 0 Å². The van der Waals surface area contributed by atoms with Gasteiger partial charge in [0.2, 0.25) is 0 Å². The summed E-state index contributed by atoms with van der Waals surface area (Å²) in [6.07, 6.45) is 0. The molecule has 0 radical (unpaired) electrons. The van der Waals surface area contributed by atoms with Crippen LogP contribution in [0.5, 0.6) is 5.75 Å². The van der Waals surface area contributed by atoms with Crippen molar-refractivity contribution in [1.29, 1.82) is 0 Å². The first-order valence-electron chi connectivity index (χ1n) is 5.50. The van der Waals surface area contributed by atoms with E-state index in [1.54, 1.807) is 19.1 Å². The second-order valence-electron chi connectivity index (χ2n) is 4.36. The fraction of sp³-hybridized carbons (Fsp3) is 0.538. The number of hydrogen-bond acceptors (Lipinski definition) is 1. The maximum absolute atomic E-state index is 13.6. The summed E-state index contributed by atoms with van der Waals surface area (Å²) in [5.74, 6) is 1.03. The third-order valence-corrected chi connectivity index (χ3v) is 3.58. The zero-order valence-corrected chi connectivity index (χ0v) is 11.6. The Labute approximate surface area is 105 Å². The average molecular weight is 289 g/mol. The van der Waals surface area contributed by atoms with Crippen LogP contribution in [-0.4, -0.2) is 11.9 Å². The lowest BCUT2D eigenvalue weighted by molar-refractivity contribution is 0.219. The molecule has 16 heavy (non-hydrogen) atoms. The second kappa shape index (κ2) is 6.24. The van der Waals surface area contributed by atoms with E-state index in [9.17, 15) is 4.39 Å². The van der Waals surface area contributed by atoms with Gasteiger partial charge in [0.15, 0.2) is 11.6 Å². The fourth-order valence-electron chi connectivity index (χ4n) is 1.34. The monoisotopic (exact) mass is 288 g/mol. The van der Waals surface area contributed by atoms with E-state index in [1.807, 2.05) is 6.07 Å². The Bertz CT molecular complexity index is 339. The van der Waals surface area contributed by atoms with E-state index in [-0.39, 0.29) is 5.82 Å².